The third-order valence-electron chi connectivity index (χ3n) is 5.21. The molecule has 0 saturated carbocycles. The zero-order chi connectivity index (χ0) is 18.2. The Balaban J connectivity index is 1.44. The lowest BCUT2D eigenvalue weighted by Gasteiger charge is -2.30. The first-order chi connectivity index (χ1) is 12.7. The zero-order valence-electron chi connectivity index (χ0n) is 15.7. The number of rotatable bonds is 8. The summed E-state index contributed by atoms with van der Waals surface area (Å²) in [7, 11) is 0. The minimum Gasteiger partial charge on any atom is -0.352 e. The topological polar surface area (TPSA) is 50.2 Å². The highest BCUT2D eigenvalue weighted by molar-refractivity contribution is 5.75. The fourth-order valence-corrected chi connectivity index (χ4v) is 3.46. The summed E-state index contributed by atoms with van der Waals surface area (Å²) >= 11 is 0. The van der Waals surface area contributed by atoms with Gasteiger partial charge in [0.1, 0.15) is 0 Å². The quantitative estimate of drug-likeness (QED) is 0.792. The third kappa shape index (κ3) is 5.70. The Morgan fingerprint density at radius 2 is 1.96 bits per heavy atom. The molecule has 1 aromatic heterocycles. The molecule has 1 saturated heterocycles. The van der Waals surface area contributed by atoms with Crippen molar-refractivity contribution in [1.82, 2.24) is 20.0 Å². The fraction of sp³-hybridized carbons (Fsp3) is 0.524. The molecule has 1 aromatic carbocycles. The lowest BCUT2D eigenvalue weighted by molar-refractivity contribution is -0.121. The summed E-state index contributed by atoms with van der Waals surface area (Å²) in [5, 5.41) is 7.24. The van der Waals surface area contributed by atoms with E-state index in [1.54, 1.807) is 6.20 Å². The summed E-state index contributed by atoms with van der Waals surface area (Å²) in [6.45, 7) is 7.07. The van der Waals surface area contributed by atoms with Crippen molar-refractivity contribution in [2.45, 2.75) is 52.2 Å². The van der Waals surface area contributed by atoms with Crippen LogP contribution in [0.2, 0.25) is 0 Å². The maximum atomic E-state index is 12.1. The molecule has 2 aromatic rings. The molecule has 0 spiro atoms. The summed E-state index contributed by atoms with van der Waals surface area (Å²) in [5.41, 5.74) is 2.56. The number of piperidine rings is 1. The standard InChI is InChI=1S/C21H30N4O/c1-18-9-14-24(15-10-18)17-20-7-3-2-6-19(20)16-22-21(26)8-4-12-25-13-5-11-23-25/h2-3,5-7,11,13,18H,4,8-10,12,14-17H2,1H3,(H,22,26). The minimum absolute atomic E-state index is 0.110. The van der Waals surface area contributed by atoms with Gasteiger partial charge in [-0.25, -0.2) is 0 Å². The van der Waals surface area contributed by atoms with Crippen molar-refractivity contribution in [2.75, 3.05) is 13.1 Å². The molecule has 2 heterocycles. The van der Waals surface area contributed by atoms with Crippen molar-refractivity contribution in [2.24, 2.45) is 5.92 Å². The summed E-state index contributed by atoms with van der Waals surface area (Å²) in [4.78, 5) is 14.7. The molecule has 0 aliphatic carbocycles. The number of benzene rings is 1. The normalized spacial score (nSPS) is 15.9. The number of nitrogens with zero attached hydrogens (tertiary/aromatic N) is 3. The molecule has 0 atom stereocenters. The van der Waals surface area contributed by atoms with Crippen LogP contribution in [0.25, 0.3) is 0 Å². The van der Waals surface area contributed by atoms with Gasteiger partial charge >= 0.3 is 0 Å². The lowest BCUT2D eigenvalue weighted by Crippen LogP contribution is -2.33. The molecule has 1 aliphatic rings. The van der Waals surface area contributed by atoms with E-state index in [1.807, 2.05) is 16.9 Å². The Morgan fingerprint density at radius 1 is 1.19 bits per heavy atom. The van der Waals surface area contributed by atoms with E-state index in [0.717, 1.165) is 25.4 Å². The van der Waals surface area contributed by atoms with E-state index in [2.05, 4.69) is 46.5 Å². The van der Waals surface area contributed by atoms with Crippen LogP contribution < -0.4 is 5.32 Å². The van der Waals surface area contributed by atoms with E-state index < -0.39 is 0 Å². The van der Waals surface area contributed by atoms with Crippen molar-refractivity contribution in [3.8, 4) is 0 Å². The fourth-order valence-electron chi connectivity index (χ4n) is 3.46. The van der Waals surface area contributed by atoms with Crippen molar-refractivity contribution in [3.63, 3.8) is 0 Å². The van der Waals surface area contributed by atoms with Crippen LogP contribution >= 0.6 is 0 Å². The molecule has 140 valence electrons. The van der Waals surface area contributed by atoms with E-state index in [-0.39, 0.29) is 5.91 Å². The first-order valence-corrected chi connectivity index (χ1v) is 9.74. The number of carbonyl (C=O) groups excluding carboxylic acids is 1. The molecule has 0 bridgehead atoms. The second-order valence-corrected chi connectivity index (χ2v) is 7.38. The Kier molecular flexibility index (Phi) is 6.83. The zero-order valence-corrected chi connectivity index (χ0v) is 15.7. The van der Waals surface area contributed by atoms with Gasteiger partial charge in [-0.05, 0) is 55.5 Å². The maximum Gasteiger partial charge on any atom is 0.220 e. The van der Waals surface area contributed by atoms with Crippen LogP contribution in [0.1, 0.15) is 43.7 Å². The Hall–Kier alpha value is -2.14. The predicted octanol–water partition coefficient (Wildman–Crippen LogP) is 3.21. The van der Waals surface area contributed by atoms with Crippen LogP contribution in [-0.2, 0) is 24.4 Å². The number of hydrogen-bond acceptors (Lipinski definition) is 3. The molecule has 0 unspecified atom stereocenters. The number of nitrogens with one attached hydrogen (secondary N) is 1. The highest BCUT2D eigenvalue weighted by Crippen LogP contribution is 2.19. The number of hydrogen-bond donors (Lipinski definition) is 1. The van der Waals surface area contributed by atoms with Gasteiger partial charge in [0.15, 0.2) is 0 Å². The molecule has 26 heavy (non-hydrogen) atoms. The van der Waals surface area contributed by atoms with Crippen molar-refractivity contribution < 1.29 is 4.79 Å². The number of likely N-dealkylation sites (tertiary alicyclic amines) is 1. The predicted molar refractivity (Wildman–Crippen MR) is 103 cm³/mol. The van der Waals surface area contributed by atoms with Crippen LogP contribution in [0, 0.1) is 5.92 Å². The van der Waals surface area contributed by atoms with Gasteiger partial charge in [-0.1, -0.05) is 31.2 Å². The number of aromatic nitrogens is 2. The first kappa shape index (κ1) is 18.6. The molecule has 1 amide bonds. The summed E-state index contributed by atoms with van der Waals surface area (Å²) < 4.78 is 1.86. The average molecular weight is 354 g/mol. The van der Waals surface area contributed by atoms with Crippen LogP contribution in [-0.4, -0.2) is 33.7 Å². The van der Waals surface area contributed by atoms with Crippen molar-refractivity contribution >= 4 is 5.91 Å². The first-order valence-electron chi connectivity index (χ1n) is 9.74. The van der Waals surface area contributed by atoms with Crippen LogP contribution in [0.15, 0.2) is 42.7 Å². The summed E-state index contributed by atoms with van der Waals surface area (Å²) in [5.74, 6) is 0.960. The van der Waals surface area contributed by atoms with Crippen LogP contribution in [0.3, 0.4) is 0 Å². The van der Waals surface area contributed by atoms with Gasteiger partial charge in [-0.2, -0.15) is 5.10 Å². The van der Waals surface area contributed by atoms with Gasteiger partial charge in [0.05, 0.1) is 0 Å². The van der Waals surface area contributed by atoms with Gasteiger partial charge in [0.2, 0.25) is 5.91 Å². The average Bonchev–Trinajstić information content (AvgIpc) is 3.16. The van der Waals surface area contributed by atoms with Crippen LogP contribution in [0.5, 0.6) is 0 Å². The molecule has 5 heteroatoms. The monoisotopic (exact) mass is 354 g/mol. The molecule has 0 radical (unpaired) electrons. The molecule has 1 aliphatic heterocycles. The van der Waals surface area contributed by atoms with E-state index in [0.29, 0.717) is 13.0 Å². The van der Waals surface area contributed by atoms with Gasteiger partial charge < -0.3 is 5.32 Å². The summed E-state index contributed by atoms with van der Waals surface area (Å²) in [6, 6.07) is 10.4. The number of aryl methyl sites for hydroxylation is 1. The molecular weight excluding hydrogens is 324 g/mol. The smallest absolute Gasteiger partial charge is 0.220 e. The SMILES string of the molecule is CC1CCN(Cc2ccccc2CNC(=O)CCCn2cccn2)CC1. The van der Waals surface area contributed by atoms with E-state index in [4.69, 9.17) is 0 Å². The van der Waals surface area contributed by atoms with Gasteiger partial charge in [-0.15, -0.1) is 0 Å². The van der Waals surface area contributed by atoms with E-state index in [1.165, 1.54) is 37.1 Å². The van der Waals surface area contributed by atoms with E-state index >= 15 is 0 Å². The molecule has 1 fully saturated rings. The Bertz CT molecular complexity index is 675. The number of amides is 1. The van der Waals surface area contributed by atoms with Crippen LogP contribution in [0.4, 0.5) is 0 Å². The van der Waals surface area contributed by atoms with Crippen molar-refractivity contribution in [1.29, 1.82) is 0 Å². The molecule has 3 rings (SSSR count). The Morgan fingerprint density at radius 3 is 2.69 bits per heavy atom. The largest absolute Gasteiger partial charge is 0.352 e. The highest BCUT2D eigenvalue weighted by Gasteiger charge is 2.16. The number of carbonyl (C=O) groups is 1. The van der Waals surface area contributed by atoms with Gasteiger partial charge in [0.25, 0.3) is 0 Å². The van der Waals surface area contributed by atoms with Crippen molar-refractivity contribution in [3.05, 3.63) is 53.9 Å². The van der Waals surface area contributed by atoms with E-state index in [9.17, 15) is 4.79 Å². The Labute approximate surface area is 156 Å². The molecular formula is C21H30N4O. The van der Waals surface area contributed by atoms with Gasteiger partial charge in [0, 0.05) is 38.4 Å². The minimum atomic E-state index is 0.110. The summed E-state index contributed by atoms with van der Waals surface area (Å²) in [6.07, 6.45) is 7.60. The molecule has 5 nitrogen and oxygen atoms in total. The second-order valence-electron chi connectivity index (χ2n) is 7.38. The lowest BCUT2D eigenvalue weighted by atomic mass is 9.98. The maximum absolute atomic E-state index is 12.1. The molecule has 1 N–H and O–H groups in total. The van der Waals surface area contributed by atoms with Gasteiger partial charge in [-0.3, -0.25) is 14.4 Å². The highest BCUT2D eigenvalue weighted by atomic mass is 16.1. The third-order valence-corrected chi connectivity index (χ3v) is 5.21. The second kappa shape index (κ2) is 9.53.